The average Bonchev–Trinajstić information content (AvgIpc) is 3.20. The van der Waals surface area contributed by atoms with Gasteiger partial charge in [-0.3, -0.25) is 14.4 Å². The summed E-state index contributed by atoms with van der Waals surface area (Å²) in [6.07, 6.45) is -1.05. The van der Waals surface area contributed by atoms with E-state index >= 15 is 0 Å². The van der Waals surface area contributed by atoms with Gasteiger partial charge in [-0.2, -0.15) is 0 Å². The lowest BCUT2D eigenvalue weighted by molar-refractivity contribution is -0.122. The van der Waals surface area contributed by atoms with Gasteiger partial charge in [0.15, 0.2) is 10.4 Å². The third-order valence-corrected chi connectivity index (χ3v) is 8.44. The molecule has 32 heavy (non-hydrogen) atoms. The molecule has 0 aliphatic carbocycles. The number of hydrogen-bond acceptors (Lipinski definition) is 8. The van der Waals surface area contributed by atoms with Crippen LogP contribution in [0.1, 0.15) is 18.1 Å². The van der Waals surface area contributed by atoms with Crippen LogP contribution in [0.25, 0.3) is 0 Å². The third kappa shape index (κ3) is 4.59. The van der Waals surface area contributed by atoms with Gasteiger partial charge in [0, 0.05) is 0 Å². The lowest BCUT2D eigenvalue weighted by Crippen LogP contribution is -2.48. The van der Waals surface area contributed by atoms with Gasteiger partial charge in [0.2, 0.25) is 5.13 Å². The van der Waals surface area contributed by atoms with Gasteiger partial charge in [-0.1, -0.05) is 53.8 Å². The first-order chi connectivity index (χ1) is 15.3. The molecule has 1 aliphatic heterocycles. The summed E-state index contributed by atoms with van der Waals surface area (Å²) in [5.41, 5.74) is 2.25. The molecule has 0 spiro atoms. The molecule has 1 N–H and O–H groups in total. The molecule has 0 unspecified atom stereocenters. The normalized spacial score (nSPS) is 15.7. The van der Waals surface area contributed by atoms with E-state index in [1.165, 1.54) is 27.4 Å². The van der Waals surface area contributed by atoms with Gasteiger partial charge in [-0.15, -0.1) is 10.2 Å². The van der Waals surface area contributed by atoms with E-state index in [1.54, 1.807) is 36.4 Å². The van der Waals surface area contributed by atoms with Gasteiger partial charge in [0.25, 0.3) is 15.9 Å². The van der Waals surface area contributed by atoms with Crippen molar-refractivity contribution in [1.82, 2.24) is 10.2 Å². The van der Waals surface area contributed by atoms with Crippen molar-refractivity contribution in [3.63, 3.8) is 0 Å². The van der Waals surface area contributed by atoms with Crippen LogP contribution < -0.4 is 14.4 Å². The van der Waals surface area contributed by atoms with Crippen LogP contribution in [-0.4, -0.2) is 42.9 Å². The van der Waals surface area contributed by atoms with Gasteiger partial charge in [0.1, 0.15) is 5.75 Å². The molecule has 1 amide bonds. The van der Waals surface area contributed by atoms with Crippen molar-refractivity contribution in [3.8, 4) is 5.75 Å². The molecule has 0 saturated carbocycles. The quantitative estimate of drug-likeness (QED) is 0.413. The Morgan fingerprint density at radius 2 is 1.91 bits per heavy atom. The number of hydrogen-bond donors (Lipinski definition) is 1. The maximum Gasteiger partial charge on any atom is 0.269 e. The number of carbonyl (C=O) groups is 1. The third-order valence-electron chi connectivity index (χ3n) is 4.79. The molecule has 0 bridgehead atoms. The summed E-state index contributed by atoms with van der Waals surface area (Å²) in [6, 6.07) is 11.9. The van der Waals surface area contributed by atoms with E-state index in [2.05, 4.69) is 15.5 Å². The smallest absolute Gasteiger partial charge is 0.269 e. The fourth-order valence-electron chi connectivity index (χ4n) is 3.19. The first-order valence-electron chi connectivity index (χ1n) is 9.92. The Morgan fingerprint density at radius 3 is 2.62 bits per heavy atom. The maximum absolute atomic E-state index is 13.5. The number of aromatic nitrogens is 2. The van der Waals surface area contributed by atoms with Crippen LogP contribution in [0, 0.1) is 13.8 Å². The van der Waals surface area contributed by atoms with E-state index in [1.807, 2.05) is 26.8 Å². The Kier molecular flexibility index (Phi) is 6.40. The fourth-order valence-corrected chi connectivity index (χ4v) is 6.32. The van der Waals surface area contributed by atoms with Crippen molar-refractivity contribution >= 4 is 49.8 Å². The van der Waals surface area contributed by atoms with Crippen LogP contribution in [-0.2, 0) is 14.8 Å². The molecule has 3 aromatic rings. The van der Waals surface area contributed by atoms with E-state index in [0.29, 0.717) is 16.6 Å². The van der Waals surface area contributed by atoms with Crippen LogP contribution in [0.3, 0.4) is 0 Å². The zero-order valence-corrected chi connectivity index (χ0v) is 20.2. The van der Waals surface area contributed by atoms with Crippen LogP contribution >= 0.6 is 23.1 Å². The number of fused-ring (bicyclic) bond motifs is 1. The summed E-state index contributed by atoms with van der Waals surface area (Å²) in [6.45, 7) is 5.61. The lowest BCUT2D eigenvalue weighted by atomic mass is 10.1. The number of carbonyl (C=O) groups excluding carboxylic acids is 1. The molecule has 1 aliphatic rings. The highest BCUT2D eigenvalue weighted by molar-refractivity contribution is 8.01. The molecule has 168 valence electrons. The standard InChI is InChI=1S/C21H22N4O4S3/c1-4-30-21-24-23-20(31-21)22-19(26)18-12-25(16-10-7-14(3)11-17(16)29-18)32(27,28)15-8-5-13(2)6-9-15/h5-11,18H,4,12H2,1-3H3,(H,22,23,26)/t18-/m1/s1. The minimum absolute atomic E-state index is 0.154. The number of thioether (sulfide) groups is 1. The van der Waals surface area contributed by atoms with Crippen molar-refractivity contribution in [2.24, 2.45) is 0 Å². The second kappa shape index (κ2) is 9.08. The highest BCUT2D eigenvalue weighted by Crippen LogP contribution is 2.38. The lowest BCUT2D eigenvalue weighted by Gasteiger charge is -2.34. The van der Waals surface area contributed by atoms with Crippen LogP contribution in [0.4, 0.5) is 10.8 Å². The van der Waals surface area contributed by atoms with Crippen molar-refractivity contribution < 1.29 is 17.9 Å². The number of ether oxygens (including phenoxy) is 1. The summed E-state index contributed by atoms with van der Waals surface area (Å²) >= 11 is 2.79. The molecule has 1 atom stereocenters. The summed E-state index contributed by atoms with van der Waals surface area (Å²) in [5, 5.41) is 11.0. The molecule has 0 saturated heterocycles. The van der Waals surface area contributed by atoms with Crippen LogP contribution in [0.5, 0.6) is 5.75 Å². The predicted octanol–water partition coefficient (Wildman–Crippen LogP) is 3.86. The first kappa shape index (κ1) is 22.6. The Hall–Kier alpha value is -2.63. The molecule has 11 heteroatoms. The highest BCUT2D eigenvalue weighted by atomic mass is 32.2. The molecular formula is C21H22N4O4S3. The molecule has 1 aromatic heterocycles. The van der Waals surface area contributed by atoms with E-state index in [-0.39, 0.29) is 11.4 Å². The molecule has 2 heterocycles. The molecule has 4 rings (SSSR count). The number of benzene rings is 2. The molecule has 8 nitrogen and oxygen atoms in total. The molecular weight excluding hydrogens is 468 g/mol. The summed E-state index contributed by atoms with van der Waals surface area (Å²) in [4.78, 5) is 13.1. The van der Waals surface area contributed by atoms with E-state index in [0.717, 1.165) is 21.2 Å². The second-order valence-electron chi connectivity index (χ2n) is 7.22. The average molecular weight is 491 g/mol. The summed E-state index contributed by atoms with van der Waals surface area (Å²) in [7, 11) is -3.90. The van der Waals surface area contributed by atoms with E-state index in [4.69, 9.17) is 4.74 Å². The summed E-state index contributed by atoms with van der Waals surface area (Å²) < 4.78 is 34.8. The fraction of sp³-hybridized carbons (Fsp3) is 0.286. The first-order valence-corrected chi connectivity index (χ1v) is 13.2. The van der Waals surface area contributed by atoms with E-state index in [9.17, 15) is 13.2 Å². The van der Waals surface area contributed by atoms with Gasteiger partial charge in [-0.05, 0) is 49.4 Å². The highest BCUT2D eigenvalue weighted by Gasteiger charge is 2.38. The number of amides is 1. The van der Waals surface area contributed by atoms with Crippen molar-refractivity contribution in [3.05, 3.63) is 53.6 Å². The second-order valence-corrected chi connectivity index (χ2v) is 11.6. The zero-order valence-electron chi connectivity index (χ0n) is 17.7. The molecule has 0 fully saturated rings. The predicted molar refractivity (Wildman–Crippen MR) is 126 cm³/mol. The number of anilines is 2. The molecule has 2 aromatic carbocycles. The van der Waals surface area contributed by atoms with Gasteiger partial charge in [0.05, 0.1) is 17.1 Å². The number of nitrogens with zero attached hydrogens (tertiary/aromatic N) is 3. The van der Waals surface area contributed by atoms with Crippen molar-refractivity contribution in [1.29, 1.82) is 0 Å². The Labute approximate surface area is 195 Å². The number of aryl methyl sites for hydroxylation is 2. The minimum Gasteiger partial charge on any atom is -0.476 e. The number of sulfonamides is 1. The number of rotatable bonds is 6. The van der Waals surface area contributed by atoms with E-state index < -0.39 is 22.0 Å². The largest absolute Gasteiger partial charge is 0.476 e. The Morgan fingerprint density at radius 1 is 1.19 bits per heavy atom. The van der Waals surface area contributed by atoms with Crippen LogP contribution in [0.15, 0.2) is 51.7 Å². The monoisotopic (exact) mass is 490 g/mol. The summed E-state index contributed by atoms with van der Waals surface area (Å²) in [5.74, 6) is 0.702. The van der Waals surface area contributed by atoms with Crippen molar-refractivity contribution in [2.75, 3.05) is 21.9 Å². The minimum atomic E-state index is -3.90. The zero-order chi connectivity index (χ0) is 22.9. The Balaban J connectivity index is 1.65. The van der Waals surface area contributed by atoms with Gasteiger partial charge in [-0.25, -0.2) is 8.42 Å². The SMILES string of the molecule is CCSc1nnc(NC(=O)[C@H]2CN(S(=O)(=O)c3ccc(C)cc3)c3ccc(C)cc3O2)s1. The Bertz CT molecular complexity index is 1240. The van der Waals surface area contributed by atoms with Crippen molar-refractivity contribution in [2.45, 2.75) is 36.1 Å². The topological polar surface area (TPSA) is 101 Å². The maximum atomic E-state index is 13.5. The van der Waals surface area contributed by atoms with Crippen LogP contribution in [0.2, 0.25) is 0 Å². The van der Waals surface area contributed by atoms with Gasteiger partial charge < -0.3 is 4.74 Å². The molecule has 0 radical (unpaired) electrons. The number of nitrogens with one attached hydrogen (secondary N) is 1. The van der Waals surface area contributed by atoms with Gasteiger partial charge >= 0.3 is 0 Å².